The van der Waals surface area contributed by atoms with Gasteiger partial charge in [-0.05, 0) is 68.5 Å². The zero-order valence-electron chi connectivity index (χ0n) is 14.4. The van der Waals surface area contributed by atoms with Gasteiger partial charge in [-0.3, -0.25) is 4.98 Å². The molecule has 118 valence electrons. The molecule has 2 rings (SSSR count). The van der Waals surface area contributed by atoms with E-state index in [1.54, 1.807) is 0 Å². The van der Waals surface area contributed by atoms with Crippen LogP contribution >= 0.6 is 0 Å². The lowest BCUT2D eigenvalue weighted by Gasteiger charge is -2.39. The number of rotatable bonds is 4. The maximum Gasteiger partial charge on any atom is 0.0419 e. The highest BCUT2D eigenvalue weighted by atomic mass is 14.9. The molecule has 0 amide bonds. The standard InChI is InChI=1S/C19H32N2/c1-14-6-11-17(21-13-14)12-18(20-5)15-7-9-16(10-8-15)19(2,3)4/h6,11,13,15-16,18,20H,7-10,12H2,1-5H3. The van der Waals surface area contributed by atoms with Crippen LogP contribution in [0.4, 0.5) is 0 Å². The molecule has 1 N–H and O–H groups in total. The van der Waals surface area contributed by atoms with Crippen molar-refractivity contribution in [3.63, 3.8) is 0 Å². The number of nitrogens with zero attached hydrogens (tertiary/aromatic N) is 1. The second-order valence-electron chi connectivity index (χ2n) is 7.90. The zero-order chi connectivity index (χ0) is 15.5. The van der Waals surface area contributed by atoms with E-state index >= 15 is 0 Å². The van der Waals surface area contributed by atoms with Crippen LogP contribution in [0.25, 0.3) is 0 Å². The molecule has 21 heavy (non-hydrogen) atoms. The van der Waals surface area contributed by atoms with Crippen molar-refractivity contribution in [1.82, 2.24) is 10.3 Å². The summed E-state index contributed by atoms with van der Waals surface area (Å²) in [5.74, 6) is 1.69. The molecule has 1 aliphatic carbocycles. The molecule has 0 saturated heterocycles. The van der Waals surface area contributed by atoms with Crippen LogP contribution in [0.1, 0.15) is 57.7 Å². The Hall–Kier alpha value is -0.890. The first-order valence-electron chi connectivity index (χ1n) is 8.49. The van der Waals surface area contributed by atoms with E-state index in [2.05, 4.69) is 57.2 Å². The summed E-state index contributed by atoms with van der Waals surface area (Å²) in [4.78, 5) is 4.58. The van der Waals surface area contributed by atoms with E-state index in [-0.39, 0.29) is 0 Å². The topological polar surface area (TPSA) is 24.9 Å². The van der Waals surface area contributed by atoms with Crippen molar-refractivity contribution >= 4 is 0 Å². The van der Waals surface area contributed by atoms with Gasteiger partial charge in [0.25, 0.3) is 0 Å². The summed E-state index contributed by atoms with van der Waals surface area (Å²) in [6, 6.07) is 4.92. The fourth-order valence-electron chi connectivity index (χ4n) is 3.74. The van der Waals surface area contributed by atoms with Gasteiger partial charge in [-0.15, -0.1) is 0 Å². The molecule has 1 aliphatic rings. The molecule has 1 heterocycles. The molecule has 2 heteroatoms. The number of hydrogen-bond donors (Lipinski definition) is 1. The number of nitrogens with one attached hydrogen (secondary N) is 1. The molecule has 2 nitrogen and oxygen atoms in total. The number of aryl methyl sites for hydroxylation is 1. The lowest BCUT2D eigenvalue weighted by atomic mass is 9.68. The Bertz CT molecular complexity index is 422. The molecule has 1 fully saturated rings. The van der Waals surface area contributed by atoms with Crippen LogP contribution in [0.5, 0.6) is 0 Å². The lowest BCUT2D eigenvalue weighted by Crippen LogP contribution is -2.39. The summed E-state index contributed by atoms with van der Waals surface area (Å²) in [5.41, 5.74) is 2.93. The third-order valence-corrected chi connectivity index (χ3v) is 5.34. The van der Waals surface area contributed by atoms with E-state index in [4.69, 9.17) is 0 Å². The van der Waals surface area contributed by atoms with E-state index in [9.17, 15) is 0 Å². The van der Waals surface area contributed by atoms with E-state index in [0.29, 0.717) is 11.5 Å². The first kappa shape index (κ1) is 16.5. The zero-order valence-corrected chi connectivity index (χ0v) is 14.4. The molecule has 1 aromatic rings. The predicted molar refractivity (Wildman–Crippen MR) is 90.4 cm³/mol. The summed E-state index contributed by atoms with van der Waals surface area (Å²) in [5, 5.41) is 3.55. The minimum absolute atomic E-state index is 0.471. The maximum absolute atomic E-state index is 4.58. The minimum Gasteiger partial charge on any atom is -0.316 e. The van der Waals surface area contributed by atoms with Gasteiger partial charge in [0.2, 0.25) is 0 Å². The van der Waals surface area contributed by atoms with E-state index < -0.39 is 0 Å². The van der Waals surface area contributed by atoms with Crippen LogP contribution in [-0.4, -0.2) is 18.1 Å². The summed E-state index contributed by atoms with van der Waals surface area (Å²) in [7, 11) is 2.11. The Balaban J connectivity index is 1.92. The summed E-state index contributed by atoms with van der Waals surface area (Å²) < 4.78 is 0. The normalized spacial score (nSPS) is 24.8. The number of likely N-dealkylation sites (N-methyl/N-ethyl adjacent to an activating group) is 1. The van der Waals surface area contributed by atoms with Gasteiger partial charge in [0.1, 0.15) is 0 Å². The smallest absolute Gasteiger partial charge is 0.0419 e. The molecule has 0 spiro atoms. The van der Waals surface area contributed by atoms with Crippen molar-refractivity contribution in [2.45, 2.75) is 65.8 Å². The number of hydrogen-bond acceptors (Lipinski definition) is 2. The van der Waals surface area contributed by atoms with Crippen molar-refractivity contribution in [3.05, 3.63) is 29.6 Å². The number of aromatic nitrogens is 1. The molecule has 1 unspecified atom stereocenters. The molecule has 1 aromatic heterocycles. The van der Waals surface area contributed by atoms with Crippen molar-refractivity contribution in [2.75, 3.05) is 7.05 Å². The Labute approximate surface area is 130 Å². The van der Waals surface area contributed by atoms with Gasteiger partial charge in [0.05, 0.1) is 0 Å². The summed E-state index contributed by atoms with van der Waals surface area (Å²) in [6.07, 6.45) is 8.53. The SMILES string of the molecule is CNC(Cc1ccc(C)cn1)C1CCC(C(C)(C)C)CC1. The Kier molecular flexibility index (Phi) is 5.43. The van der Waals surface area contributed by atoms with Gasteiger partial charge in [-0.1, -0.05) is 26.8 Å². The number of pyridine rings is 1. The van der Waals surface area contributed by atoms with Gasteiger partial charge in [0.15, 0.2) is 0 Å². The van der Waals surface area contributed by atoms with Gasteiger partial charge in [-0.25, -0.2) is 0 Å². The fraction of sp³-hybridized carbons (Fsp3) is 0.737. The second kappa shape index (κ2) is 6.91. The molecule has 0 aliphatic heterocycles. The van der Waals surface area contributed by atoms with E-state index in [1.165, 1.54) is 36.9 Å². The highest BCUT2D eigenvalue weighted by Gasteiger charge is 2.32. The predicted octanol–water partition coefficient (Wildman–Crippen LogP) is 4.37. The quantitative estimate of drug-likeness (QED) is 0.889. The maximum atomic E-state index is 4.58. The molecule has 1 atom stereocenters. The summed E-state index contributed by atoms with van der Waals surface area (Å²) >= 11 is 0. The molecular weight excluding hydrogens is 256 g/mol. The highest BCUT2D eigenvalue weighted by molar-refractivity contribution is 5.13. The molecular formula is C19H32N2. The molecule has 0 radical (unpaired) electrons. The van der Waals surface area contributed by atoms with Crippen LogP contribution in [-0.2, 0) is 6.42 Å². The average molecular weight is 288 g/mol. The minimum atomic E-state index is 0.471. The Morgan fingerprint density at radius 3 is 2.33 bits per heavy atom. The van der Waals surface area contributed by atoms with Gasteiger partial charge >= 0.3 is 0 Å². The first-order valence-corrected chi connectivity index (χ1v) is 8.49. The van der Waals surface area contributed by atoms with Crippen molar-refractivity contribution in [2.24, 2.45) is 17.3 Å². The van der Waals surface area contributed by atoms with Crippen molar-refractivity contribution in [1.29, 1.82) is 0 Å². The molecule has 0 aromatic carbocycles. The van der Waals surface area contributed by atoms with Crippen LogP contribution < -0.4 is 5.32 Å². The fourth-order valence-corrected chi connectivity index (χ4v) is 3.74. The van der Waals surface area contributed by atoms with Crippen LogP contribution in [0.2, 0.25) is 0 Å². The highest BCUT2D eigenvalue weighted by Crippen LogP contribution is 2.40. The average Bonchev–Trinajstić information content (AvgIpc) is 2.46. The monoisotopic (exact) mass is 288 g/mol. The summed E-state index contributed by atoms with van der Waals surface area (Å²) in [6.45, 7) is 9.28. The third kappa shape index (κ3) is 4.54. The second-order valence-corrected chi connectivity index (χ2v) is 7.90. The van der Waals surface area contributed by atoms with E-state index in [0.717, 1.165) is 18.3 Å². The van der Waals surface area contributed by atoms with Crippen molar-refractivity contribution < 1.29 is 0 Å². The van der Waals surface area contributed by atoms with Crippen molar-refractivity contribution in [3.8, 4) is 0 Å². The third-order valence-electron chi connectivity index (χ3n) is 5.34. The van der Waals surface area contributed by atoms with E-state index in [1.807, 2.05) is 6.20 Å². The van der Waals surface area contributed by atoms with Gasteiger partial charge < -0.3 is 5.32 Å². The van der Waals surface area contributed by atoms with Crippen LogP contribution in [0.3, 0.4) is 0 Å². The van der Waals surface area contributed by atoms with Crippen LogP contribution in [0.15, 0.2) is 18.3 Å². The Morgan fingerprint density at radius 1 is 1.19 bits per heavy atom. The first-order chi connectivity index (χ1) is 9.90. The largest absolute Gasteiger partial charge is 0.316 e. The lowest BCUT2D eigenvalue weighted by molar-refractivity contribution is 0.134. The van der Waals surface area contributed by atoms with Crippen LogP contribution in [0, 0.1) is 24.2 Å². The molecule has 1 saturated carbocycles. The van der Waals surface area contributed by atoms with Gasteiger partial charge in [0, 0.05) is 24.4 Å². The molecule has 0 bridgehead atoms. The Morgan fingerprint density at radius 2 is 1.86 bits per heavy atom. The van der Waals surface area contributed by atoms with Gasteiger partial charge in [-0.2, -0.15) is 0 Å².